The summed E-state index contributed by atoms with van der Waals surface area (Å²) >= 11 is 1.80. The molecule has 4 nitrogen and oxygen atoms in total. The van der Waals surface area contributed by atoms with E-state index in [9.17, 15) is 9.90 Å². The molecule has 2 unspecified atom stereocenters. The van der Waals surface area contributed by atoms with Gasteiger partial charge in [0.05, 0.1) is 0 Å². The van der Waals surface area contributed by atoms with Gasteiger partial charge in [0.15, 0.2) is 0 Å². The molecule has 0 aromatic carbocycles. The van der Waals surface area contributed by atoms with Crippen molar-refractivity contribution in [3.63, 3.8) is 0 Å². The van der Waals surface area contributed by atoms with E-state index in [1.807, 2.05) is 0 Å². The van der Waals surface area contributed by atoms with Gasteiger partial charge in [0, 0.05) is 5.92 Å². The maximum Gasteiger partial charge on any atom is 0.268 e. The van der Waals surface area contributed by atoms with Crippen molar-refractivity contribution in [2.24, 2.45) is 5.92 Å². The second-order valence-electron chi connectivity index (χ2n) is 4.20. The normalized spacial score (nSPS) is 25.7. The van der Waals surface area contributed by atoms with E-state index < -0.39 is 0 Å². The van der Waals surface area contributed by atoms with Crippen LogP contribution in [0, 0.1) is 9.49 Å². The minimum Gasteiger partial charge on any atom is -0.492 e. The van der Waals surface area contributed by atoms with E-state index in [-0.39, 0.29) is 15.0 Å². The Balaban J connectivity index is 2.34. The number of aromatic nitrogens is 2. The molecule has 0 amide bonds. The minimum atomic E-state index is -0.238. The molecular weight excluding hydrogens is 307 g/mol. The van der Waals surface area contributed by atoms with Crippen molar-refractivity contribution in [3.8, 4) is 5.88 Å². The molecule has 2 rings (SSSR count). The third kappa shape index (κ3) is 2.16. The van der Waals surface area contributed by atoms with E-state index in [2.05, 4.69) is 16.9 Å². The van der Waals surface area contributed by atoms with Crippen molar-refractivity contribution in [2.75, 3.05) is 0 Å². The molecule has 1 aliphatic rings. The van der Waals surface area contributed by atoms with Crippen LogP contribution in [0.3, 0.4) is 0 Å². The van der Waals surface area contributed by atoms with Crippen LogP contribution in [-0.2, 0) is 0 Å². The molecule has 1 saturated carbocycles. The zero-order valence-electron chi connectivity index (χ0n) is 8.46. The van der Waals surface area contributed by atoms with Gasteiger partial charge in [0.1, 0.15) is 9.39 Å². The first-order valence-corrected chi connectivity index (χ1v) is 6.14. The van der Waals surface area contributed by atoms with Crippen LogP contribution in [-0.4, -0.2) is 15.1 Å². The Kier molecular flexibility index (Phi) is 2.99. The van der Waals surface area contributed by atoms with Gasteiger partial charge in [-0.1, -0.05) is 6.92 Å². The van der Waals surface area contributed by atoms with E-state index in [0.29, 0.717) is 17.7 Å². The second-order valence-corrected chi connectivity index (χ2v) is 5.28. The predicted molar refractivity (Wildman–Crippen MR) is 65.0 cm³/mol. The van der Waals surface area contributed by atoms with Crippen molar-refractivity contribution in [1.29, 1.82) is 0 Å². The third-order valence-electron chi connectivity index (χ3n) is 2.95. The summed E-state index contributed by atoms with van der Waals surface area (Å²) < 4.78 is 0.266. The first-order valence-electron chi connectivity index (χ1n) is 5.06. The van der Waals surface area contributed by atoms with Gasteiger partial charge in [-0.2, -0.15) is 4.98 Å². The van der Waals surface area contributed by atoms with Crippen LogP contribution in [0.5, 0.6) is 5.88 Å². The molecule has 2 N–H and O–H groups in total. The molecule has 0 bridgehead atoms. The Morgan fingerprint density at radius 3 is 2.80 bits per heavy atom. The number of rotatable bonds is 1. The molecule has 15 heavy (non-hydrogen) atoms. The van der Waals surface area contributed by atoms with Crippen molar-refractivity contribution in [1.82, 2.24) is 9.97 Å². The molecule has 82 valence electrons. The molecule has 1 aromatic rings. The summed E-state index contributed by atoms with van der Waals surface area (Å²) in [4.78, 5) is 18.2. The molecule has 0 saturated heterocycles. The lowest BCUT2D eigenvalue weighted by Crippen LogP contribution is -2.16. The molecule has 0 spiro atoms. The van der Waals surface area contributed by atoms with Crippen molar-refractivity contribution >= 4 is 22.6 Å². The van der Waals surface area contributed by atoms with Crippen molar-refractivity contribution in [2.45, 2.75) is 32.1 Å². The van der Waals surface area contributed by atoms with Gasteiger partial charge >= 0.3 is 0 Å². The lowest BCUT2D eigenvalue weighted by atomic mass is 10.1. The van der Waals surface area contributed by atoms with Gasteiger partial charge in [0.25, 0.3) is 5.56 Å². The molecule has 1 fully saturated rings. The maximum absolute atomic E-state index is 11.4. The van der Waals surface area contributed by atoms with Crippen LogP contribution in [0.15, 0.2) is 4.79 Å². The number of hydrogen-bond acceptors (Lipinski definition) is 3. The largest absolute Gasteiger partial charge is 0.492 e. The van der Waals surface area contributed by atoms with Gasteiger partial charge in [-0.15, -0.1) is 0 Å². The van der Waals surface area contributed by atoms with Crippen LogP contribution in [0.4, 0.5) is 0 Å². The van der Waals surface area contributed by atoms with Gasteiger partial charge < -0.3 is 10.1 Å². The second kappa shape index (κ2) is 4.11. The summed E-state index contributed by atoms with van der Waals surface area (Å²) in [7, 11) is 0. The monoisotopic (exact) mass is 320 g/mol. The van der Waals surface area contributed by atoms with Crippen LogP contribution >= 0.6 is 22.6 Å². The minimum absolute atomic E-state index is 0.145. The number of H-pyrrole nitrogens is 1. The molecule has 1 heterocycles. The average Bonchev–Trinajstić information content (AvgIpc) is 2.60. The van der Waals surface area contributed by atoms with E-state index >= 15 is 0 Å². The Bertz CT molecular complexity index is 430. The molecule has 1 aromatic heterocycles. The SMILES string of the molecule is CC1CCC(c2nc(O)c(I)c(=O)[nH]2)C1. The van der Waals surface area contributed by atoms with Gasteiger partial charge in [-0.05, 0) is 47.8 Å². The van der Waals surface area contributed by atoms with E-state index in [1.54, 1.807) is 22.6 Å². The number of aromatic hydroxyl groups is 1. The topological polar surface area (TPSA) is 66.0 Å². The predicted octanol–water partition coefficient (Wildman–Crippen LogP) is 1.98. The lowest BCUT2D eigenvalue weighted by molar-refractivity contribution is 0.438. The van der Waals surface area contributed by atoms with Crippen molar-refractivity contribution in [3.05, 3.63) is 19.7 Å². The van der Waals surface area contributed by atoms with E-state index in [0.717, 1.165) is 12.8 Å². The van der Waals surface area contributed by atoms with E-state index in [1.165, 1.54) is 6.42 Å². The lowest BCUT2D eigenvalue weighted by Gasteiger charge is -2.08. The Morgan fingerprint density at radius 2 is 2.27 bits per heavy atom. The zero-order valence-corrected chi connectivity index (χ0v) is 10.6. The fraction of sp³-hybridized carbons (Fsp3) is 0.600. The first-order chi connectivity index (χ1) is 7.08. The molecule has 0 radical (unpaired) electrons. The van der Waals surface area contributed by atoms with Gasteiger partial charge in [0.2, 0.25) is 5.88 Å². The maximum atomic E-state index is 11.4. The van der Waals surface area contributed by atoms with Crippen LogP contribution in [0.1, 0.15) is 37.9 Å². The summed E-state index contributed by atoms with van der Waals surface area (Å²) in [6.45, 7) is 2.20. The number of hydrogen-bond donors (Lipinski definition) is 2. The highest BCUT2D eigenvalue weighted by atomic mass is 127. The zero-order chi connectivity index (χ0) is 11.0. The smallest absolute Gasteiger partial charge is 0.268 e. The average molecular weight is 320 g/mol. The van der Waals surface area contributed by atoms with Gasteiger partial charge in [-0.3, -0.25) is 4.79 Å². The number of nitrogens with one attached hydrogen (secondary N) is 1. The summed E-state index contributed by atoms with van der Waals surface area (Å²) in [5.74, 6) is 1.48. The standard InChI is InChI=1S/C10H13IN2O2/c1-5-2-3-6(4-5)8-12-9(14)7(11)10(15)13-8/h5-6H,2-4H2,1H3,(H2,12,13,14,15). The van der Waals surface area contributed by atoms with Crippen LogP contribution in [0.25, 0.3) is 0 Å². The summed E-state index contributed by atoms with van der Waals surface area (Å²) in [5.41, 5.74) is -0.238. The quantitative estimate of drug-likeness (QED) is 0.778. The Labute approximate surface area is 101 Å². The first kappa shape index (κ1) is 10.9. The highest BCUT2D eigenvalue weighted by Crippen LogP contribution is 2.36. The summed E-state index contributed by atoms with van der Waals surface area (Å²) in [6.07, 6.45) is 3.26. The fourth-order valence-corrected chi connectivity index (χ4v) is 2.37. The molecule has 0 aliphatic heterocycles. The summed E-state index contributed by atoms with van der Waals surface area (Å²) in [5, 5.41) is 9.47. The number of halogens is 1. The number of aromatic amines is 1. The van der Waals surface area contributed by atoms with Crippen molar-refractivity contribution < 1.29 is 5.11 Å². The highest BCUT2D eigenvalue weighted by molar-refractivity contribution is 14.1. The Morgan fingerprint density at radius 1 is 1.53 bits per heavy atom. The highest BCUT2D eigenvalue weighted by Gasteiger charge is 2.25. The third-order valence-corrected chi connectivity index (χ3v) is 3.92. The molecule has 5 heteroatoms. The van der Waals surface area contributed by atoms with Crippen LogP contribution < -0.4 is 5.56 Å². The molecular formula is C10H13IN2O2. The Hall–Kier alpha value is -0.590. The molecule has 1 aliphatic carbocycles. The van der Waals surface area contributed by atoms with Gasteiger partial charge in [-0.25, -0.2) is 0 Å². The van der Waals surface area contributed by atoms with E-state index in [4.69, 9.17) is 0 Å². The van der Waals surface area contributed by atoms with Crippen LogP contribution in [0.2, 0.25) is 0 Å². The summed E-state index contributed by atoms with van der Waals surface area (Å²) in [6, 6.07) is 0. The fourth-order valence-electron chi connectivity index (χ4n) is 2.11. The molecule has 2 atom stereocenters. The number of nitrogens with zero attached hydrogens (tertiary/aromatic N) is 1.